The van der Waals surface area contributed by atoms with Crippen molar-refractivity contribution in [2.24, 2.45) is 0 Å². The van der Waals surface area contributed by atoms with Gasteiger partial charge in [-0.1, -0.05) is 48.5 Å². The fourth-order valence-corrected chi connectivity index (χ4v) is 2.96. The maximum absolute atomic E-state index is 13.0. The molecular weight excluding hydrogens is 264 g/mol. The molecule has 3 nitrogen and oxygen atoms in total. The molecule has 2 aromatic rings. The number of benzene rings is 2. The number of rotatable bonds is 4. The Morgan fingerprint density at radius 1 is 0.810 bits per heavy atom. The molecule has 3 heteroatoms. The number of fused-ring (bicyclic) bond motifs is 3. The lowest BCUT2D eigenvalue weighted by Crippen LogP contribution is -2.44. The van der Waals surface area contributed by atoms with Crippen LogP contribution in [0.5, 0.6) is 0 Å². The zero-order valence-electron chi connectivity index (χ0n) is 12.3. The van der Waals surface area contributed by atoms with Crippen molar-refractivity contribution in [3.8, 4) is 11.1 Å². The summed E-state index contributed by atoms with van der Waals surface area (Å²) in [6.45, 7) is 4.55. The van der Waals surface area contributed by atoms with Crippen LogP contribution in [-0.4, -0.2) is 19.0 Å². The van der Waals surface area contributed by atoms with Gasteiger partial charge in [0.1, 0.15) is 0 Å². The third-order valence-corrected chi connectivity index (χ3v) is 3.74. The van der Waals surface area contributed by atoms with E-state index in [1.165, 1.54) is 0 Å². The highest BCUT2D eigenvalue weighted by Crippen LogP contribution is 2.44. The maximum atomic E-state index is 13.0. The lowest BCUT2D eigenvalue weighted by atomic mass is 9.80. The molecule has 3 rings (SSSR count). The molecule has 0 saturated heterocycles. The van der Waals surface area contributed by atoms with Crippen LogP contribution >= 0.6 is 0 Å². The third kappa shape index (κ3) is 2.01. The molecule has 2 aromatic carbocycles. The Hall–Kier alpha value is -1.97. The molecule has 21 heavy (non-hydrogen) atoms. The van der Waals surface area contributed by atoms with E-state index in [2.05, 4.69) is 0 Å². The minimum absolute atomic E-state index is 0.125. The van der Waals surface area contributed by atoms with Crippen molar-refractivity contribution in [1.29, 1.82) is 0 Å². The Bertz CT molecular complexity index is 670. The van der Waals surface area contributed by atoms with Crippen LogP contribution in [0.1, 0.15) is 29.8 Å². The number of ether oxygens (including phenoxy) is 2. The van der Waals surface area contributed by atoms with Crippen LogP contribution in [0.25, 0.3) is 11.1 Å². The summed E-state index contributed by atoms with van der Waals surface area (Å²) in [5.41, 5.74) is 3.37. The molecule has 0 aliphatic heterocycles. The smallest absolute Gasteiger partial charge is 0.261 e. The van der Waals surface area contributed by atoms with Crippen molar-refractivity contribution in [2.45, 2.75) is 19.6 Å². The standard InChI is InChI=1S/C18H18O3/c1-3-20-18(21-4-2)16-12-8-7-10-14(16)13-9-5-6-11-15(13)17(18)19/h5-12H,3-4H2,1-2H3. The van der Waals surface area contributed by atoms with Gasteiger partial charge in [-0.05, 0) is 25.0 Å². The van der Waals surface area contributed by atoms with Crippen LogP contribution in [0.15, 0.2) is 48.5 Å². The summed E-state index contributed by atoms with van der Waals surface area (Å²) in [6.07, 6.45) is 0. The second-order valence-corrected chi connectivity index (χ2v) is 4.90. The topological polar surface area (TPSA) is 35.5 Å². The summed E-state index contributed by atoms with van der Waals surface area (Å²) < 4.78 is 11.7. The van der Waals surface area contributed by atoms with Gasteiger partial charge in [0.15, 0.2) is 0 Å². The van der Waals surface area contributed by atoms with Crippen LogP contribution in [0.2, 0.25) is 0 Å². The Morgan fingerprint density at radius 3 is 1.95 bits per heavy atom. The van der Waals surface area contributed by atoms with Crippen molar-refractivity contribution in [2.75, 3.05) is 13.2 Å². The highest BCUT2D eigenvalue weighted by molar-refractivity contribution is 6.11. The second-order valence-electron chi connectivity index (χ2n) is 4.90. The molecule has 108 valence electrons. The number of carbonyl (C=O) groups excluding carboxylic acids is 1. The fraction of sp³-hybridized carbons (Fsp3) is 0.278. The van der Waals surface area contributed by atoms with Gasteiger partial charge in [0.25, 0.3) is 5.79 Å². The van der Waals surface area contributed by atoms with Gasteiger partial charge in [-0.2, -0.15) is 0 Å². The van der Waals surface area contributed by atoms with E-state index in [-0.39, 0.29) is 5.78 Å². The third-order valence-electron chi connectivity index (χ3n) is 3.74. The van der Waals surface area contributed by atoms with Crippen molar-refractivity contribution in [3.05, 3.63) is 59.7 Å². The molecule has 0 atom stereocenters. The lowest BCUT2D eigenvalue weighted by Gasteiger charge is -2.37. The summed E-state index contributed by atoms with van der Waals surface area (Å²) in [7, 11) is 0. The van der Waals surface area contributed by atoms with Gasteiger partial charge >= 0.3 is 0 Å². The van der Waals surface area contributed by atoms with E-state index in [1.807, 2.05) is 62.4 Å². The SMILES string of the molecule is CCOC1(OCC)C(=O)c2ccccc2-c2ccccc21. The summed E-state index contributed by atoms with van der Waals surface area (Å²) >= 11 is 0. The van der Waals surface area contributed by atoms with Crippen LogP contribution in [0.4, 0.5) is 0 Å². The zero-order valence-corrected chi connectivity index (χ0v) is 12.3. The Labute approximate surface area is 124 Å². The number of ketones is 1. The van der Waals surface area contributed by atoms with Crippen LogP contribution in [0, 0.1) is 0 Å². The highest BCUT2D eigenvalue weighted by atomic mass is 16.7. The van der Waals surface area contributed by atoms with E-state index in [0.29, 0.717) is 18.8 Å². The highest BCUT2D eigenvalue weighted by Gasteiger charge is 2.48. The largest absolute Gasteiger partial charge is 0.340 e. The Morgan fingerprint density at radius 2 is 1.33 bits per heavy atom. The number of hydrogen-bond acceptors (Lipinski definition) is 3. The predicted octanol–water partition coefficient (Wildman–Crippen LogP) is 3.78. The van der Waals surface area contributed by atoms with Crippen LogP contribution < -0.4 is 0 Å². The minimum Gasteiger partial charge on any atom is -0.340 e. The molecular formula is C18H18O3. The molecule has 0 aromatic heterocycles. The molecule has 1 aliphatic carbocycles. The van der Waals surface area contributed by atoms with Gasteiger partial charge < -0.3 is 9.47 Å². The summed E-state index contributed by atoms with van der Waals surface area (Å²) in [5, 5.41) is 0. The van der Waals surface area contributed by atoms with E-state index in [1.54, 1.807) is 0 Å². The minimum atomic E-state index is -1.32. The Kier molecular flexibility index (Phi) is 3.62. The first kappa shape index (κ1) is 14.0. The van der Waals surface area contributed by atoms with E-state index < -0.39 is 5.79 Å². The first-order valence-electron chi connectivity index (χ1n) is 7.26. The first-order chi connectivity index (χ1) is 10.2. The summed E-state index contributed by atoms with van der Waals surface area (Å²) in [4.78, 5) is 13.0. The molecule has 0 heterocycles. The lowest BCUT2D eigenvalue weighted by molar-refractivity contribution is -0.204. The molecule has 0 unspecified atom stereocenters. The quantitative estimate of drug-likeness (QED) is 0.801. The maximum Gasteiger partial charge on any atom is 0.261 e. The zero-order chi connectivity index (χ0) is 14.9. The van der Waals surface area contributed by atoms with Gasteiger partial charge in [-0.25, -0.2) is 0 Å². The van der Waals surface area contributed by atoms with Gasteiger partial charge in [0.05, 0.1) is 0 Å². The molecule has 0 saturated carbocycles. The predicted molar refractivity (Wildman–Crippen MR) is 81.1 cm³/mol. The average Bonchev–Trinajstić information content (AvgIpc) is 2.53. The number of Topliss-reactive ketones (excluding diaryl/α,β-unsaturated/α-hetero) is 1. The first-order valence-corrected chi connectivity index (χ1v) is 7.26. The number of hydrogen-bond donors (Lipinski definition) is 0. The monoisotopic (exact) mass is 282 g/mol. The van der Waals surface area contributed by atoms with E-state index in [9.17, 15) is 4.79 Å². The van der Waals surface area contributed by atoms with Crippen LogP contribution in [0.3, 0.4) is 0 Å². The Balaban J connectivity index is 2.31. The molecule has 0 bridgehead atoms. The molecule has 0 spiro atoms. The molecule has 0 amide bonds. The van der Waals surface area contributed by atoms with Crippen molar-refractivity contribution >= 4 is 5.78 Å². The molecule has 0 N–H and O–H groups in total. The van der Waals surface area contributed by atoms with Crippen LogP contribution in [-0.2, 0) is 15.3 Å². The van der Waals surface area contributed by atoms with E-state index in [0.717, 1.165) is 16.7 Å². The van der Waals surface area contributed by atoms with Crippen molar-refractivity contribution in [3.63, 3.8) is 0 Å². The average molecular weight is 282 g/mol. The number of carbonyl (C=O) groups is 1. The van der Waals surface area contributed by atoms with Gasteiger partial charge in [-0.3, -0.25) is 4.79 Å². The van der Waals surface area contributed by atoms with E-state index in [4.69, 9.17) is 9.47 Å². The van der Waals surface area contributed by atoms with Crippen molar-refractivity contribution in [1.82, 2.24) is 0 Å². The van der Waals surface area contributed by atoms with Crippen molar-refractivity contribution < 1.29 is 14.3 Å². The second kappa shape index (κ2) is 5.43. The van der Waals surface area contributed by atoms with Gasteiger partial charge in [0.2, 0.25) is 5.78 Å². The van der Waals surface area contributed by atoms with Gasteiger partial charge in [0, 0.05) is 24.3 Å². The molecule has 0 fully saturated rings. The fourth-order valence-electron chi connectivity index (χ4n) is 2.96. The summed E-state index contributed by atoms with van der Waals surface area (Å²) in [6, 6.07) is 15.4. The normalized spacial score (nSPS) is 15.4. The van der Waals surface area contributed by atoms with Gasteiger partial charge in [-0.15, -0.1) is 0 Å². The molecule has 1 aliphatic rings. The van der Waals surface area contributed by atoms with E-state index >= 15 is 0 Å². The summed E-state index contributed by atoms with van der Waals surface area (Å²) in [5.74, 6) is -1.45. The molecule has 0 radical (unpaired) electrons.